The van der Waals surface area contributed by atoms with Crippen LogP contribution in [-0.2, 0) is 26.2 Å². The third-order valence-electron chi connectivity index (χ3n) is 5.45. The van der Waals surface area contributed by atoms with E-state index in [0.29, 0.717) is 28.7 Å². The van der Waals surface area contributed by atoms with Crippen molar-refractivity contribution in [2.75, 3.05) is 23.7 Å². The molecule has 0 fully saturated rings. The lowest BCUT2D eigenvalue weighted by Gasteiger charge is -2.31. The van der Waals surface area contributed by atoms with Crippen molar-refractivity contribution in [1.29, 1.82) is 0 Å². The predicted octanol–water partition coefficient (Wildman–Crippen LogP) is 4.87. The molecule has 0 saturated heterocycles. The molecule has 192 valence electrons. The molecule has 1 atom stereocenters. The maximum Gasteiger partial charge on any atom is 0.242 e. The summed E-state index contributed by atoms with van der Waals surface area (Å²) >= 11 is 12.0. The molecule has 0 spiro atoms. The highest BCUT2D eigenvalue weighted by atomic mass is 35.5. The molecule has 2 amide bonds. The zero-order valence-corrected chi connectivity index (χ0v) is 22.7. The molecule has 0 heterocycles. The Hall–Kier alpha value is -2.29. The number of sulfonamides is 1. The topological polar surface area (TPSA) is 86.8 Å². The summed E-state index contributed by atoms with van der Waals surface area (Å²) in [6.45, 7) is 4.71. The van der Waals surface area contributed by atoms with Crippen molar-refractivity contribution >= 4 is 50.7 Å². The lowest BCUT2D eigenvalue weighted by atomic mass is 10.1. The third kappa shape index (κ3) is 9.02. The quantitative estimate of drug-likeness (QED) is 0.391. The molecule has 10 heteroatoms. The van der Waals surface area contributed by atoms with E-state index in [1.165, 1.54) is 4.31 Å². The Morgan fingerprint density at radius 1 is 1.03 bits per heavy atom. The first kappa shape index (κ1) is 28.9. The first-order valence-corrected chi connectivity index (χ1v) is 14.2. The Balaban J connectivity index is 2.19. The maximum atomic E-state index is 13.3. The second-order valence-electron chi connectivity index (χ2n) is 8.28. The highest BCUT2D eigenvalue weighted by Crippen LogP contribution is 2.23. The van der Waals surface area contributed by atoms with Gasteiger partial charge in [0.05, 0.1) is 11.9 Å². The van der Waals surface area contributed by atoms with Crippen LogP contribution in [0, 0.1) is 0 Å². The van der Waals surface area contributed by atoms with Gasteiger partial charge in [-0.3, -0.25) is 13.9 Å². The van der Waals surface area contributed by atoms with Crippen molar-refractivity contribution in [1.82, 2.24) is 10.2 Å². The summed E-state index contributed by atoms with van der Waals surface area (Å²) in [6.07, 6.45) is 2.72. The molecule has 0 aromatic heterocycles. The van der Waals surface area contributed by atoms with E-state index in [2.05, 4.69) is 5.32 Å². The van der Waals surface area contributed by atoms with Gasteiger partial charge in [0.1, 0.15) is 6.04 Å². The van der Waals surface area contributed by atoms with E-state index in [1.54, 1.807) is 41.3 Å². The molecular weight excluding hydrogens is 509 g/mol. The number of carbonyl (C=O) groups is 2. The van der Waals surface area contributed by atoms with Crippen LogP contribution in [0.5, 0.6) is 0 Å². The molecule has 1 N–H and O–H groups in total. The monoisotopic (exact) mass is 541 g/mol. The molecule has 7 nitrogen and oxygen atoms in total. The number of carbonyl (C=O) groups excluding carboxylic acids is 2. The summed E-state index contributed by atoms with van der Waals surface area (Å²) < 4.78 is 26.0. The van der Waals surface area contributed by atoms with E-state index in [4.69, 9.17) is 23.2 Å². The molecule has 2 aromatic carbocycles. The van der Waals surface area contributed by atoms with Crippen LogP contribution in [0.25, 0.3) is 0 Å². The highest BCUT2D eigenvalue weighted by molar-refractivity contribution is 7.92. The van der Waals surface area contributed by atoms with Crippen molar-refractivity contribution in [2.24, 2.45) is 0 Å². The summed E-state index contributed by atoms with van der Waals surface area (Å²) in [4.78, 5) is 27.7. The van der Waals surface area contributed by atoms with Crippen LogP contribution < -0.4 is 9.62 Å². The molecule has 1 unspecified atom stereocenters. The lowest BCUT2D eigenvalue weighted by Crippen LogP contribution is -2.49. The summed E-state index contributed by atoms with van der Waals surface area (Å²) in [5.74, 6) is -0.425. The van der Waals surface area contributed by atoms with E-state index in [-0.39, 0.29) is 37.7 Å². The lowest BCUT2D eigenvalue weighted by molar-refractivity contribution is -0.141. The third-order valence-corrected chi connectivity index (χ3v) is 7.13. The van der Waals surface area contributed by atoms with Crippen molar-refractivity contribution in [3.8, 4) is 0 Å². The number of benzene rings is 2. The Morgan fingerprint density at radius 3 is 2.29 bits per heavy atom. The van der Waals surface area contributed by atoms with E-state index < -0.39 is 16.1 Å². The summed E-state index contributed by atoms with van der Waals surface area (Å²) in [5, 5.41) is 3.89. The number of halogens is 2. The van der Waals surface area contributed by atoms with Gasteiger partial charge in [-0.25, -0.2) is 8.42 Å². The van der Waals surface area contributed by atoms with Gasteiger partial charge < -0.3 is 10.2 Å². The van der Waals surface area contributed by atoms with Crippen molar-refractivity contribution in [3.05, 3.63) is 64.1 Å². The minimum atomic E-state index is -3.58. The molecule has 0 aliphatic carbocycles. The minimum absolute atomic E-state index is 0.0811. The molecular formula is C25H33Cl2N3O4S. The Bertz CT molecular complexity index is 1090. The van der Waals surface area contributed by atoms with Gasteiger partial charge in [0.15, 0.2) is 0 Å². The summed E-state index contributed by atoms with van der Waals surface area (Å²) in [7, 11) is -3.58. The number of amides is 2. The van der Waals surface area contributed by atoms with Crippen LogP contribution in [0.1, 0.15) is 45.1 Å². The first-order valence-electron chi connectivity index (χ1n) is 11.6. The Kier molecular flexibility index (Phi) is 11.3. The summed E-state index contributed by atoms with van der Waals surface area (Å²) in [5.41, 5.74) is 1.29. The molecule has 0 aliphatic heterocycles. The molecule has 0 radical (unpaired) electrons. The molecule has 0 aliphatic rings. The number of anilines is 1. The average Bonchev–Trinajstić information content (AvgIpc) is 2.80. The second kappa shape index (κ2) is 13.7. The van der Waals surface area contributed by atoms with Crippen molar-refractivity contribution < 1.29 is 18.0 Å². The Labute approximate surface area is 218 Å². The number of rotatable bonds is 13. The van der Waals surface area contributed by atoms with E-state index >= 15 is 0 Å². The van der Waals surface area contributed by atoms with Crippen molar-refractivity contribution in [2.45, 2.75) is 52.1 Å². The zero-order chi connectivity index (χ0) is 26.0. The van der Waals surface area contributed by atoms with Crippen LogP contribution in [0.2, 0.25) is 10.0 Å². The number of hydrogen-bond donors (Lipinski definition) is 1. The fraction of sp³-hybridized carbons (Fsp3) is 0.440. The fourth-order valence-corrected chi connectivity index (χ4v) is 4.97. The normalized spacial score (nSPS) is 12.1. The molecule has 0 saturated carbocycles. The molecule has 2 aromatic rings. The largest absolute Gasteiger partial charge is 0.354 e. The van der Waals surface area contributed by atoms with Crippen LogP contribution in [0.3, 0.4) is 0 Å². The van der Waals surface area contributed by atoms with Gasteiger partial charge in [0, 0.05) is 36.1 Å². The molecule has 2 rings (SSSR count). The second-order valence-corrected chi connectivity index (χ2v) is 11.1. The van der Waals surface area contributed by atoms with Gasteiger partial charge >= 0.3 is 0 Å². The van der Waals surface area contributed by atoms with Crippen LogP contribution in [-0.4, -0.2) is 50.5 Å². The predicted molar refractivity (Wildman–Crippen MR) is 142 cm³/mol. The van der Waals surface area contributed by atoms with Gasteiger partial charge in [0.25, 0.3) is 0 Å². The van der Waals surface area contributed by atoms with E-state index in [0.717, 1.165) is 18.2 Å². The molecule has 35 heavy (non-hydrogen) atoms. The van der Waals surface area contributed by atoms with Gasteiger partial charge in [-0.2, -0.15) is 0 Å². The maximum absolute atomic E-state index is 13.3. The number of nitrogens with zero attached hydrogens (tertiary/aromatic N) is 2. The minimum Gasteiger partial charge on any atom is -0.354 e. The van der Waals surface area contributed by atoms with Crippen LogP contribution in [0.4, 0.5) is 5.69 Å². The summed E-state index contributed by atoms with van der Waals surface area (Å²) in [6, 6.07) is 13.1. The van der Waals surface area contributed by atoms with Crippen molar-refractivity contribution in [3.63, 3.8) is 0 Å². The van der Waals surface area contributed by atoms with Gasteiger partial charge in [0.2, 0.25) is 21.8 Å². The van der Waals surface area contributed by atoms with E-state index in [9.17, 15) is 18.0 Å². The number of nitrogens with one attached hydrogen (secondary N) is 1. The Morgan fingerprint density at radius 2 is 1.71 bits per heavy atom. The SMILES string of the molecule is CCCNC(=O)C(CC)N(Cc1ccc(Cl)cc1)C(=O)CCCN(c1cccc(Cl)c1)S(C)(=O)=O. The first-order chi connectivity index (χ1) is 16.6. The van der Waals surface area contributed by atoms with Gasteiger partial charge in [-0.05, 0) is 55.2 Å². The zero-order valence-electron chi connectivity index (χ0n) is 20.3. The van der Waals surface area contributed by atoms with Crippen LogP contribution >= 0.6 is 23.2 Å². The van der Waals surface area contributed by atoms with Gasteiger partial charge in [-0.1, -0.05) is 55.2 Å². The standard InChI is InChI=1S/C25H33Cl2N3O4S/c1-4-15-28-25(32)23(5-2)29(18-19-11-13-20(26)14-12-19)24(31)10-7-16-30(35(3,33)34)22-9-6-8-21(27)17-22/h6,8-9,11-14,17,23H,4-5,7,10,15-16,18H2,1-3H3,(H,28,32). The highest BCUT2D eigenvalue weighted by Gasteiger charge is 2.28. The van der Waals surface area contributed by atoms with E-state index in [1.807, 2.05) is 26.0 Å². The fourth-order valence-electron chi connectivity index (χ4n) is 3.71. The number of hydrogen-bond acceptors (Lipinski definition) is 4. The van der Waals surface area contributed by atoms with Crippen LogP contribution in [0.15, 0.2) is 48.5 Å². The smallest absolute Gasteiger partial charge is 0.242 e. The average molecular weight is 543 g/mol. The molecule has 0 bridgehead atoms. The van der Waals surface area contributed by atoms with Gasteiger partial charge in [-0.15, -0.1) is 0 Å².